The van der Waals surface area contributed by atoms with E-state index in [9.17, 15) is 0 Å². The fourth-order valence-electron chi connectivity index (χ4n) is 1.45. The van der Waals surface area contributed by atoms with Crippen molar-refractivity contribution in [2.75, 3.05) is 5.32 Å². The van der Waals surface area contributed by atoms with Crippen LogP contribution in [0.1, 0.15) is 11.4 Å². The average Bonchev–Trinajstić information content (AvgIpc) is 2.73. The van der Waals surface area contributed by atoms with Crippen molar-refractivity contribution in [1.82, 2.24) is 20.2 Å². The van der Waals surface area contributed by atoms with Gasteiger partial charge in [0.15, 0.2) is 11.8 Å². The number of nitrogens with one attached hydrogen (secondary N) is 1. The van der Waals surface area contributed by atoms with Gasteiger partial charge in [-0.05, 0) is 29.8 Å². The smallest absolute Gasteiger partial charge is 0.196 e. The third kappa shape index (κ3) is 3.27. The van der Waals surface area contributed by atoms with Crippen LogP contribution in [0.2, 0.25) is 0 Å². The number of rotatable bonds is 3. The van der Waals surface area contributed by atoms with Crippen LogP contribution in [0.3, 0.4) is 0 Å². The second-order valence-electron chi connectivity index (χ2n) is 3.89. The monoisotopic (exact) mass is 245 g/mol. The molecule has 0 radical (unpaired) electrons. The Morgan fingerprint density at radius 1 is 1.50 bits per heavy atom. The molecule has 94 valence electrons. The van der Waals surface area contributed by atoms with E-state index in [1.54, 1.807) is 7.05 Å². The minimum Gasteiger partial charge on any atom is -0.370 e. The summed E-state index contributed by atoms with van der Waals surface area (Å²) in [5, 5.41) is 14.5. The lowest BCUT2D eigenvalue weighted by Gasteiger charge is -2.05. The molecule has 1 aromatic heterocycles. The fourth-order valence-corrected chi connectivity index (χ4v) is 1.45. The van der Waals surface area contributed by atoms with Gasteiger partial charge < -0.3 is 11.1 Å². The van der Waals surface area contributed by atoms with Crippen molar-refractivity contribution < 1.29 is 0 Å². The van der Waals surface area contributed by atoms with Gasteiger partial charge in [-0.2, -0.15) is 4.80 Å². The SMILES string of the molecule is Cc1cccc(NC(N)=NCc2nnn(C)n2)c1. The summed E-state index contributed by atoms with van der Waals surface area (Å²) in [5.74, 6) is 0.861. The highest BCUT2D eigenvalue weighted by Gasteiger charge is 1.99. The molecule has 18 heavy (non-hydrogen) atoms. The Hall–Kier alpha value is -2.44. The number of aromatic nitrogens is 4. The van der Waals surface area contributed by atoms with Gasteiger partial charge in [0, 0.05) is 5.69 Å². The maximum absolute atomic E-state index is 5.77. The van der Waals surface area contributed by atoms with Gasteiger partial charge in [-0.3, -0.25) is 0 Å². The highest BCUT2D eigenvalue weighted by molar-refractivity contribution is 5.92. The summed E-state index contributed by atoms with van der Waals surface area (Å²) in [4.78, 5) is 5.52. The Labute approximate surface area is 105 Å². The van der Waals surface area contributed by atoms with Crippen molar-refractivity contribution in [2.45, 2.75) is 13.5 Å². The fraction of sp³-hybridized carbons (Fsp3) is 0.273. The Kier molecular flexibility index (Phi) is 3.52. The zero-order chi connectivity index (χ0) is 13.0. The maximum atomic E-state index is 5.77. The summed E-state index contributed by atoms with van der Waals surface area (Å²) in [6, 6.07) is 7.88. The Morgan fingerprint density at radius 3 is 3.00 bits per heavy atom. The van der Waals surface area contributed by atoms with Gasteiger partial charge in [0.2, 0.25) is 0 Å². The zero-order valence-electron chi connectivity index (χ0n) is 10.3. The molecule has 2 aromatic rings. The van der Waals surface area contributed by atoms with Crippen LogP contribution in [-0.2, 0) is 13.6 Å². The van der Waals surface area contributed by atoms with E-state index >= 15 is 0 Å². The van der Waals surface area contributed by atoms with Crippen LogP contribution in [0.4, 0.5) is 5.69 Å². The number of aliphatic imine (C=N–C) groups is 1. The van der Waals surface area contributed by atoms with Crippen LogP contribution in [0.5, 0.6) is 0 Å². The third-order valence-corrected chi connectivity index (χ3v) is 2.23. The number of anilines is 1. The Bertz CT molecular complexity index is 558. The second-order valence-corrected chi connectivity index (χ2v) is 3.89. The van der Waals surface area contributed by atoms with E-state index in [-0.39, 0.29) is 0 Å². The van der Waals surface area contributed by atoms with Gasteiger partial charge in [-0.25, -0.2) is 4.99 Å². The van der Waals surface area contributed by atoms with Gasteiger partial charge in [0.1, 0.15) is 6.54 Å². The third-order valence-electron chi connectivity index (χ3n) is 2.23. The van der Waals surface area contributed by atoms with E-state index in [1.807, 2.05) is 31.2 Å². The van der Waals surface area contributed by atoms with E-state index < -0.39 is 0 Å². The van der Waals surface area contributed by atoms with Crippen LogP contribution in [0.15, 0.2) is 29.3 Å². The Morgan fingerprint density at radius 2 is 2.33 bits per heavy atom. The van der Waals surface area contributed by atoms with Gasteiger partial charge >= 0.3 is 0 Å². The first-order valence-electron chi connectivity index (χ1n) is 5.50. The number of guanidine groups is 1. The number of hydrogen-bond donors (Lipinski definition) is 2. The van der Waals surface area contributed by atoms with Crippen LogP contribution in [0.25, 0.3) is 0 Å². The lowest BCUT2D eigenvalue weighted by molar-refractivity contribution is 0.627. The molecule has 2 rings (SSSR count). The second kappa shape index (κ2) is 5.26. The average molecular weight is 245 g/mol. The number of nitrogens with zero attached hydrogens (tertiary/aromatic N) is 5. The summed E-state index contributed by atoms with van der Waals surface area (Å²) >= 11 is 0. The molecule has 1 heterocycles. The van der Waals surface area contributed by atoms with E-state index in [1.165, 1.54) is 4.80 Å². The number of tetrazole rings is 1. The van der Waals surface area contributed by atoms with Crippen molar-refractivity contribution >= 4 is 11.6 Å². The molecule has 0 fully saturated rings. The van der Waals surface area contributed by atoms with Crippen LogP contribution < -0.4 is 11.1 Å². The summed E-state index contributed by atoms with van der Waals surface area (Å²) < 4.78 is 0. The van der Waals surface area contributed by atoms with Crippen LogP contribution in [0, 0.1) is 6.92 Å². The molecule has 7 heteroatoms. The molecule has 1 aromatic carbocycles. The summed E-state index contributed by atoms with van der Waals surface area (Å²) in [6.07, 6.45) is 0. The molecule has 0 saturated carbocycles. The van der Waals surface area contributed by atoms with Crippen molar-refractivity contribution in [1.29, 1.82) is 0 Å². The maximum Gasteiger partial charge on any atom is 0.196 e. The molecule has 3 N–H and O–H groups in total. The molecule has 7 nitrogen and oxygen atoms in total. The molecule has 0 aliphatic rings. The van der Waals surface area contributed by atoms with Gasteiger partial charge in [0.05, 0.1) is 7.05 Å². The summed E-state index contributed by atoms with van der Waals surface area (Å²) in [5.41, 5.74) is 7.83. The van der Waals surface area contributed by atoms with E-state index in [0.717, 1.165) is 11.3 Å². The topological polar surface area (TPSA) is 94.0 Å². The molecule has 0 saturated heterocycles. The molecule has 0 atom stereocenters. The number of aryl methyl sites for hydroxylation is 2. The van der Waals surface area contributed by atoms with Crippen molar-refractivity contribution in [2.24, 2.45) is 17.8 Å². The highest BCUT2D eigenvalue weighted by Crippen LogP contribution is 2.08. The predicted octanol–water partition coefficient (Wildman–Crippen LogP) is 0.445. The number of benzene rings is 1. The van der Waals surface area contributed by atoms with Gasteiger partial charge in [-0.15, -0.1) is 10.2 Å². The lowest BCUT2D eigenvalue weighted by atomic mass is 10.2. The largest absolute Gasteiger partial charge is 0.370 e. The van der Waals surface area contributed by atoms with Gasteiger partial charge in [0.25, 0.3) is 0 Å². The van der Waals surface area contributed by atoms with Crippen molar-refractivity contribution in [3.8, 4) is 0 Å². The minimum absolute atomic E-state index is 0.304. The van der Waals surface area contributed by atoms with Crippen molar-refractivity contribution in [3.05, 3.63) is 35.7 Å². The highest BCUT2D eigenvalue weighted by atomic mass is 15.6. The summed E-state index contributed by atoms with van der Waals surface area (Å²) in [6.45, 7) is 2.32. The molecule has 0 bridgehead atoms. The number of nitrogens with two attached hydrogens (primary N) is 1. The molecular weight excluding hydrogens is 230 g/mol. The molecular formula is C11H15N7. The normalized spacial score (nSPS) is 11.6. The lowest BCUT2D eigenvalue weighted by Crippen LogP contribution is -2.22. The first kappa shape index (κ1) is 12.0. The molecule has 0 unspecified atom stereocenters. The first-order valence-corrected chi connectivity index (χ1v) is 5.50. The quantitative estimate of drug-likeness (QED) is 0.604. The molecule has 0 aliphatic carbocycles. The van der Waals surface area contributed by atoms with E-state index in [4.69, 9.17) is 5.73 Å². The first-order chi connectivity index (χ1) is 8.63. The summed E-state index contributed by atoms with van der Waals surface area (Å²) in [7, 11) is 1.70. The van der Waals surface area contributed by atoms with Gasteiger partial charge in [-0.1, -0.05) is 12.1 Å². The zero-order valence-corrected chi connectivity index (χ0v) is 10.3. The van der Waals surface area contributed by atoms with E-state index in [0.29, 0.717) is 18.3 Å². The molecule has 0 amide bonds. The van der Waals surface area contributed by atoms with E-state index in [2.05, 4.69) is 25.7 Å². The standard InChI is InChI=1S/C11H15N7/c1-8-4-3-5-9(6-8)14-11(12)13-7-10-15-17-18(2)16-10/h3-6H,7H2,1-2H3,(H3,12,13,14). The van der Waals surface area contributed by atoms with Crippen molar-refractivity contribution in [3.63, 3.8) is 0 Å². The molecule has 0 spiro atoms. The molecule has 0 aliphatic heterocycles. The predicted molar refractivity (Wildman–Crippen MR) is 68.9 cm³/mol. The van der Waals surface area contributed by atoms with Crippen LogP contribution in [-0.4, -0.2) is 26.2 Å². The number of hydrogen-bond acceptors (Lipinski definition) is 4. The Balaban J connectivity index is 1.97. The van der Waals surface area contributed by atoms with Crippen LogP contribution >= 0.6 is 0 Å². The minimum atomic E-state index is 0.304.